The first kappa shape index (κ1) is 21.2. The number of amides is 1. The molecule has 3 aromatic rings. The Labute approximate surface area is 182 Å². The summed E-state index contributed by atoms with van der Waals surface area (Å²) in [4.78, 5) is 15.5. The van der Waals surface area contributed by atoms with Gasteiger partial charge in [-0.3, -0.25) is 4.79 Å². The first-order valence-corrected chi connectivity index (χ1v) is 11.0. The SMILES string of the molecule is Cc1ccc(-n2nc(-c3ccc(F)cc3)cc2C(=O)NCCN2CCCCC2)c(C)c1. The average molecular weight is 421 g/mol. The van der Waals surface area contributed by atoms with Crippen molar-refractivity contribution in [3.05, 3.63) is 71.2 Å². The molecule has 0 spiro atoms. The molecule has 0 unspecified atom stereocenters. The van der Waals surface area contributed by atoms with Crippen LogP contribution in [0.1, 0.15) is 40.9 Å². The number of aromatic nitrogens is 2. The zero-order valence-electron chi connectivity index (χ0n) is 18.2. The molecule has 1 amide bonds. The highest BCUT2D eigenvalue weighted by Crippen LogP contribution is 2.24. The van der Waals surface area contributed by atoms with Gasteiger partial charge in [0.2, 0.25) is 0 Å². The van der Waals surface area contributed by atoms with Gasteiger partial charge < -0.3 is 10.2 Å². The van der Waals surface area contributed by atoms with Crippen LogP contribution in [-0.2, 0) is 0 Å². The number of piperidine rings is 1. The van der Waals surface area contributed by atoms with E-state index in [2.05, 4.69) is 16.3 Å². The number of aryl methyl sites for hydroxylation is 2. The van der Waals surface area contributed by atoms with E-state index in [4.69, 9.17) is 5.10 Å². The number of likely N-dealkylation sites (tertiary alicyclic amines) is 1. The Morgan fingerprint density at radius 2 is 1.77 bits per heavy atom. The van der Waals surface area contributed by atoms with Gasteiger partial charge in [0, 0.05) is 18.7 Å². The van der Waals surface area contributed by atoms with Crippen molar-refractivity contribution in [2.45, 2.75) is 33.1 Å². The van der Waals surface area contributed by atoms with Gasteiger partial charge in [0.15, 0.2) is 0 Å². The van der Waals surface area contributed by atoms with E-state index in [1.165, 1.54) is 31.4 Å². The molecule has 2 heterocycles. The number of nitrogens with one attached hydrogen (secondary N) is 1. The van der Waals surface area contributed by atoms with Crippen molar-refractivity contribution in [1.29, 1.82) is 0 Å². The normalized spacial score (nSPS) is 14.5. The Morgan fingerprint density at radius 3 is 2.48 bits per heavy atom. The summed E-state index contributed by atoms with van der Waals surface area (Å²) in [5.74, 6) is -0.453. The summed E-state index contributed by atoms with van der Waals surface area (Å²) >= 11 is 0. The maximum absolute atomic E-state index is 13.4. The first-order chi connectivity index (χ1) is 15.0. The number of rotatable bonds is 6. The fourth-order valence-electron chi connectivity index (χ4n) is 4.13. The molecule has 162 valence electrons. The Kier molecular flexibility index (Phi) is 6.47. The minimum atomic E-state index is -0.298. The number of hydrogen-bond acceptors (Lipinski definition) is 3. The van der Waals surface area contributed by atoms with Crippen molar-refractivity contribution in [2.24, 2.45) is 0 Å². The minimum absolute atomic E-state index is 0.155. The molecule has 1 aromatic heterocycles. The third-order valence-electron chi connectivity index (χ3n) is 5.82. The Hall–Kier alpha value is -2.99. The topological polar surface area (TPSA) is 50.2 Å². The van der Waals surface area contributed by atoms with E-state index in [0.717, 1.165) is 42.0 Å². The van der Waals surface area contributed by atoms with Crippen LogP contribution in [0.25, 0.3) is 16.9 Å². The van der Waals surface area contributed by atoms with Gasteiger partial charge in [0.05, 0.1) is 11.4 Å². The Bertz CT molecular complexity index is 1050. The van der Waals surface area contributed by atoms with Gasteiger partial charge in [-0.2, -0.15) is 5.10 Å². The van der Waals surface area contributed by atoms with Gasteiger partial charge in [-0.15, -0.1) is 0 Å². The van der Waals surface area contributed by atoms with Gasteiger partial charge in [-0.05, 0) is 81.7 Å². The molecule has 5 nitrogen and oxygen atoms in total. The lowest BCUT2D eigenvalue weighted by Crippen LogP contribution is -2.38. The van der Waals surface area contributed by atoms with E-state index in [0.29, 0.717) is 17.9 Å². The van der Waals surface area contributed by atoms with Crippen molar-refractivity contribution in [3.8, 4) is 16.9 Å². The molecule has 1 N–H and O–H groups in total. The van der Waals surface area contributed by atoms with Crippen molar-refractivity contribution in [3.63, 3.8) is 0 Å². The van der Waals surface area contributed by atoms with Gasteiger partial charge in [-0.25, -0.2) is 9.07 Å². The van der Waals surface area contributed by atoms with Gasteiger partial charge in [0.1, 0.15) is 11.5 Å². The third-order valence-corrected chi connectivity index (χ3v) is 5.82. The Balaban J connectivity index is 1.60. The zero-order chi connectivity index (χ0) is 21.8. The second-order valence-electron chi connectivity index (χ2n) is 8.28. The molecule has 0 atom stereocenters. The fourth-order valence-corrected chi connectivity index (χ4v) is 4.13. The van der Waals surface area contributed by atoms with Crippen LogP contribution in [0.2, 0.25) is 0 Å². The Morgan fingerprint density at radius 1 is 1.03 bits per heavy atom. The summed E-state index contributed by atoms with van der Waals surface area (Å²) in [6.45, 7) is 7.71. The molecule has 0 bridgehead atoms. The molecule has 1 saturated heterocycles. The highest BCUT2D eigenvalue weighted by molar-refractivity contribution is 5.94. The van der Waals surface area contributed by atoms with Crippen LogP contribution in [0.5, 0.6) is 0 Å². The number of carbonyl (C=O) groups excluding carboxylic acids is 1. The summed E-state index contributed by atoms with van der Waals surface area (Å²) in [6, 6.07) is 14.0. The molecule has 0 saturated carbocycles. The largest absolute Gasteiger partial charge is 0.349 e. The van der Waals surface area contributed by atoms with Gasteiger partial charge in [-0.1, -0.05) is 24.1 Å². The second kappa shape index (κ2) is 9.43. The lowest BCUT2D eigenvalue weighted by molar-refractivity contribution is 0.0939. The average Bonchev–Trinajstić information content (AvgIpc) is 3.20. The van der Waals surface area contributed by atoms with Crippen molar-refractivity contribution >= 4 is 5.91 Å². The summed E-state index contributed by atoms with van der Waals surface area (Å²) in [7, 11) is 0. The van der Waals surface area contributed by atoms with Crippen LogP contribution in [0.3, 0.4) is 0 Å². The quantitative estimate of drug-likeness (QED) is 0.638. The van der Waals surface area contributed by atoms with Crippen molar-refractivity contribution in [1.82, 2.24) is 20.0 Å². The van der Waals surface area contributed by atoms with Gasteiger partial charge >= 0.3 is 0 Å². The standard InChI is InChI=1S/C25H29FN4O/c1-18-6-11-23(19(2)16-18)30-24(17-22(28-30)20-7-9-21(26)10-8-20)25(31)27-12-15-29-13-4-3-5-14-29/h6-11,16-17H,3-5,12-15H2,1-2H3,(H,27,31). The number of carbonyl (C=O) groups is 1. The van der Waals surface area contributed by atoms with Gasteiger partial charge in [0.25, 0.3) is 5.91 Å². The predicted molar refractivity (Wildman–Crippen MR) is 121 cm³/mol. The maximum atomic E-state index is 13.4. The maximum Gasteiger partial charge on any atom is 0.270 e. The molecule has 2 aromatic carbocycles. The highest BCUT2D eigenvalue weighted by Gasteiger charge is 2.19. The third kappa shape index (κ3) is 5.02. The van der Waals surface area contributed by atoms with Crippen LogP contribution in [0.15, 0.2) is 48.5 Å². The fraction of sp³-hybridized carbons (Fsp3) is 0.360. The molecule has 4 rings (SSSR count). The van der Waals surface area contributed by atoms with Crippen molar-refractivity contribution < 1.29 is 9.18 Å². The number of nitrogens with zero attached hydrogens (tertiary/aromatic N) is 3. The van der Waals surface area contributed by atoms with E-state index < -0.39 is 0 Å². The minimum Gasteiger partial charge on any atom is -0.349 e. The monoisotopic (exact) mass is 420 g/mol. The van der Waals surface area contributed by atoms with Crippen molar-refractivity contribution in [2.75, 3.05) is 26.2 Å². The highest BCUT2D eigenvalue weighted by atomic mass is 19.1. The molecule has 6 heteroatoms. The molecule has 1 fully saturated rings. The first-order valence-electron chi connectivity index (χ1n) is 11.0. The molecular formula is C25H29FN4O. The number of halogens is 1. The lowest BCUT2D eigenvalue weighted by Gasteiger charge is -2.26. The van der Waals surface area contributed by atoms with Crippen LogP contribution in [0.4, 0.5) is 4.39 Å². The number of hydrogen-bond donors (Lipinski definition) is 1. The predicted octanol–water partition coefficient (Wildman–Crippen LogP) is 4.51. The van der Waals surface area contributed by atoms with Crippen LogP contribution in [0, 0.1) is 19.7 Å². The smallest absolute Gasteiger partial charge is 0.270 e. The summed E-state index contributed by atoms with van der Waals surface area (Å²) in [5, 5.41) is 7.77. The molecule has 31 heavy (non-hydrogen) atoms. The molecule has 0 radical (unpaired) electrons. The lowest BCUT2D eigenvalue weighted by atomic mass is 10.1. The van der Waals surface area contributed by atoms with Crippen LogP contribution >= 0.6 is 0 Å². The molecule has 0 aliphatic carbocycles. The molecule has 1 aliphatic rings. The molecular weight excluding hydrogens is 391 g/mol. The summed E-state index contributed by atoms with van der Waals surface area (Å²) in [6.07, 6.45) is 3.76. The van der Waals surface area contributed by atoms with Crippen LogP contribution in [-0.4, -0.2) is 46.8 Å². The number of benzene rings is 2. The second-order valence-corrected chi connectivity index (χ2v) is 8.28. The zero-order valence-corrected chi connectivity index (χ0v) is 18.2. The van der Waals surface area contributed by atoms with E-state index >= 15 is 0 Å². The van der Waals surface area contributed by atoms with Crippen LogP contribution < -0.4 is 5.32 Å². The summed E-state index contributed by atoms with van der Waals surface area (Å²) < 4.78 is 15.1. The molecule has 1 aliphatic heterocycles. The van der Waals surface area contributed by atoms with E-state index in [1.807, 2.05) is 26.0 Å². The summed E-state index contributed by atoms with van der Waals surface area (Å²) in [5.41, 5.74) is 4.94. The van der Waals surface area contributed by atoms with E-state index in [1.54, 1.807) is 22.9 Å². The van der Waals surface area contributed by atoms with E-state index in [-0.39, 0.29) is 11.7 Å². The van der Waals surface area contributed by atoms with E-state index in [9.17, 15) is 9.18 Å².